The van der Waals surface area contributed by atoms with Gasteiger partial charge in [-0.15, -0.1) is 0 Å². The van der Waals surface area contributed by atoms with Crippen LogP contribution in [0, 0.1) is 13.8 Å². The van der Waals surface area contributed by atoms with Crippen LogP contribution in [0.4, 0.5) is 0 Å². The molecule has 0 saturated heterocycles. The van der Waals surface area contributed by atoms with Gasteiger partial charge >= 0.3 is 0 Å². The maximum absolute atomic E-state index is 12.7. The molecule has 7 heteroatoms. The number of sulfonamides is 1. The minimum Gasteiger partial charge on any atom is -0.496 e. The van der Waals surface area contributed by atoms with Crippen LogP contribution in [0.25, 0.3) is 0 Å². The number of rotatable bonds is 8. The van der Waals surface area contributed by atoms with Gasteiger partial charge in [-0.25, -0.2) is 13.1 Å². The van der Waals surface area contributed by atoms with Crippen molar-refractivity contribution in [2.75, 3.05) is 20.8 Å². The molecule has 6 nitrogen and oxygen atoms in total. The van der Waals surface area contributed by atoms with Gasteiger partial charge in [-0.2, -0.15) is 0 Å². The first kappa shape index (κ1) is 20.1. The number of nitrogens with one attached hydrogen (secondary N) is 1. The Labute approximate surface area is 155 Å². The van der Waals surface area contributed by atoms with Gasteiger partial charge in [0, 0.05) is 0 Å². The molecular formula is C19H25NO5S. The van der Waals surface area contributed by atoms with Crippen LogP contribution in [-0.2, 0) is 10.0 Å². The highest BCUT2D eigenvalue weighted by atomic mass is 32.2. The molecule has 1 unspecified atom stereocenters. The van der Waals surface area contributed by atoms with E-state index in [1.54, 1.807) is 52.3 Å². The first-order valence-electron chi connectivity index (χ1n) is 8.22. The first-order chi connectivity index (χ1) is 12.3. The molecule has 0 heterocycles. The highest BCUT2D eigenvalue weighted by molar-refractivity contribution is 7.89. The quantitative estimate of drug-likeness (QED) is 0.763. The van der Waals surface area contributed by atoms with E-state index in [2.05, 4.69) is 4.72 Å². The number of hydrogen-bond acceptors (Lipinski definition) is 5. The third kappa shape index (κ3) is 4.47. The molecule has 0 saturated carbocycles. The number of para-hydroxylation sites is 2. The third-order valence-corrected chi connectivity index (χ3v) is 5.85. The van der Waals surface area contributed by atoms with E-state index in [4.69, 9.17) is 14.2 Å². The van der Waals surface area contributed by atoms with Gasteiger partial charge in [0.2, 0.25) is 10.0 Å². The summed E-state index contributed by atoms with van der Waals surface area (Å²) in [5, 5.41) is 0. The molecule has 2 aromatic carbocycles. The summed E-state index contributed by atoms with van der Waals surface area (Å²) in [6.45, 7) is 5.52. The van der Waals surface area contributed by atoms with Gasteiger partial charge in [0.25, 0.3) is 0 Å². The molecular weight excluding hydrogens is 354 g/mol. The lowest BCUT2D eigenvalue weighted by molar-refractivity contribution is 0.271. The van der Waals surface area contributed by atoms with Crippen LogP contribution in [0.15, 0.2) is 41.3 Å². The van der Waals surface area contributed by atoms with E-state index in [0.717, 1.165) is 5.56 Å². The van der Waals surface area contributed by atoms with Crippen molar-refractivity contribution in [2.45, 2.75) is 31.7 Å². The molecule has 0 aliphatic heterocycles. The van der Waals surface area contributed by atoms with Gasteiger partial charge < -0.3 is 14.2 Å². The molecule has 0 aliphatic carbocycles. The van der Waals surface area contributed by atoms with E-state index >= 15 is 0 Å². The number of hydrogen-bond donors (Lipinski definition) is 1. The fraction of sp³-hybridized carbons (Fsp3) is 0.368. The van der Waals surface area contributed by atoms with Gasteiger partial charge in [-0.05, 0) is 56.2 Å². The van der Waals surface area contributed by atoms with E-state index in [-0.39, 0.29) is 11.5 Å². The van der Waals surface area contributed by atoms with Crippen molar-refractivity contribution in [2.24, 2.45) is 0 Å². The smallest absolute Gasteiger partial charge is 0.241 e. The van der Waals surface area contributed by atoms with Crippen LogP contribution in [0.3, 0.4) is 0 Å². The fourth-order valence-electron chi connectivity index (χ4n) is 2.60. The third-order valence-electron chi connectivity index (χ3n) is 4.11. The Bertz CT molecular complexity index is 864. The molecule has 0 spiro atoms. The maximum Gasteiger partial charge on any atom is 0.241 e. The topological polar surface area (TPSA) is 73.9 Å². The molecule has 0 aromatic heterocycles. The van der Waals surface area contributed by atoms with Gasteiger partial charge in [-0.1, -0.05) is 12.1 Å². The Morgan fingerprint density at radius 2 is 1.54 bits per heavy atom. The molecule has 1 N–H and O–H groups in total. The van der Waals surface area contributed by atoms with Crippen molar-refractivity contribution in [3.63, 3.8) is 0 Å². The van der Waals surface area contributed by atoms with Crippen molar-refractivity contribution in [1.82, 2.24) is 4.72 Å². The monoisotopic (exact) mass is 379 g/mol. The fourth-order valence-corrected chi connectivity index (χ4v) is 4.13. The van der Waals surface area contributed by atoms with Gasteiger partial charge in [0.1, 0.15) is 12.4 Å². The maximum atomic E-state index is 12.7. The van der Waals surface area contributed by atoms with Crippen molar-refractivity contribution in [1.29, 1.82) is 0 Å². The van der Waals surface area contributed by atoms with Gasteiger partial charge in [-0.3, -0.25) is 0 Å². The minimum atomic E-state index is -3.67. The van der Waals surface area contributed by atoms with Crippen molar-refractivity contribution in [3.05, 3.63) is 47.5 Å². The zero-order valence-electron chi connectivity index (χ0n) is 15.7. The Kier molecular flexibility index (Phi) is 6.50. The summed E-state index contributed by atoms with van der Waals surface area (Å²) in [7, 11) is -0.555. The SMILES string of the molecule is COc1ccccc1OCC(C)NS(=O)(=O)c1ccc(OC)c(C)c1C. The lowest BCUT2D eigenvalue weighted by atomic mass is 10.1. The second kappa shape index (κ2) is 8.42. The van der Waals surface area contributed by atoms with Gasteiger partial charge in [0.05, 0.1) is 25.2 Å². The Hall–Kier alpha value is -2.25. The summed E-state index contributed by atoms with van der Waals surface area (Å²) < 4.78 is 44.2. The summed E-state index contributed by atoms with van der Waals surface area (Å²) >= 11 is 0. The van der Waals surface area contributed by atoms with Crippen LogP contribution in [0.1, 0.15) is 18.1 Å². The molecule has 1 atom stereocenters. The van der Waals surface area contributed by atoms with E-state index in [1.807, 2.05) is 19.1 Å². The largest absolute Gasteiger partial charge is 0.496 e. The Morgan fingerprint density at radius 1 is 0.923 bits per heavy atom. The van der Waals surface area contributed by atoms with Crippen LogP contribution in [0.5, 0.6) is 17.2 Å². The predicted octanol–water partition coefficient (Wildman–Crippen LogP) is 3.07. The van der Waals surface area contributed by atoms with Crippen molar-refractivity contribution >= 4 is 10.0 Å². The van der Waals surface area contributed by atoms with Crippen molar-refractivity contribution in [3.8, 4) is 17.2 Å². The summed E-state index contributed by atoms with van der Waals surface area (Å²) in [5.41, 5.74) is 1.46. The minimum absolute atomic E-state index is 0.174. The average molecular weight is 379 g/mol. The molecule has 142 valence electrons. The first-order valence-corrected chi connectivity index (χ1v) is 9.70. The van der Waals surface area contributed by atoms with E-state index in [1.165, 1.54) is 0 Å². The average Bonchev–Trinajstić information content (AvgIpc) is 2.61. The van der Waals surface area contributed by atoms with Crippen LogP contribution in [-0.4, -0.2) is 35.3 Å². The molecule has 0 radical (unpaired) electrons. The Balaban J connectivity index is 2.10. The van der Waals surface area contributed by atoms with E-state index < -0.39 is 16.1 Å². The lowest BCUT2D eigenvalue weighted by Gasteiger charge is -2.18. The second-order valence-corrected chi connectivity index (χ2v) is 7.68. The zero-order chi connectivity index (χ0) is 19.3. The summed E-state index contributed by atoms with van der Waals surface area (Å²) in [5.74, 6) is 1.83. The van der Waals surface area contributed by atoms with Crippen LogP contribution >= 0.6 is 0 Å². The summed E-state index contributed by atoms with van der Waals surface area (Å²) in [6, 6.07) is 10.0. The Morgan fingerprint density at radius 3 is 2.15 bits per heavy atom. The molecule has 0 amide bonds. The number of methoxy groups -OCH3 is 2. The lowest BCUT2D eigenvalue weighted by Crippen LogP contribution is -2.37. The molecule has 0 aliphatic rings. The normalized spacial score (nSPS) is 12.5. The van der Waals surface area contributed by atoms with Crippen molar-refractivity contribution < 1.29 is 22.6 Å². The molecule has 0 fully saturated rings. The molecule has 0 bridgehead atoms. The number of ether oxygens (including phenoxy) is 3. The van der Waals surface area contributed by atoms with E-state index in [9.17, 15) is 8.42 Å². The van der Waals surface area contributed by atoms with Gasteiger partial charge in [0.15, 0.2) is 11.5 Å². The molecule has 2 aromatic rings. The summed E-state index contributed by atoms with van der Waals surface area (Å²) in [4.78, 5) is 0.236. The van der Waals surface area contributed by atoms with E-state index in [0.29, 0.717) is 22.8 Å². The number of benzene rings is 2. The molecule has 26 heavy (non-hydrogen) atoms. The standard InChI is InChI=1S/C19H25NO5S/c1-13(12-25-18-9-7-6-8-17(18)24-5)20-26(21,22)19-11-10-16(23-4)14(2)15(19)3/h6-11,13,20H,12H2,1-5H3. The summed E-state index contributed by atoms with van der Waals surface area (Å²) in [6.07, 6.45) is 0. The van der Waals surface area contributed by atoms with Crippen LogP contribution in [0.2, 0.25) is 0 Å². The molecule has 2 rings (SSSR count). The zero-order valence-corrected chi connectivity index (χ0v) is 16.5. The highest BCUT2D eigenvalue weighted by Gasteiger charge is 2.22. The second-order valence-electron chi connectivity index (χ2n) is 6.00. The predicted molar refractivity (Wildman–Crippen MR) is 101 cm³/mol. The van der Waals surface area contributed by atoms with Crippen LogP contribution < -0.4 is 18.9 Å². The highest BCUT2D eigenvalue weighted by Crippen LogP contribution is 2.27.